The summed E-state index contributed by atoms with van der Waals surface area (Å²) >= 11 is 0. The zero-order valence-corrected chi connectivity index (χ0v) is 17.8. The van der Waals surface area contributed by atoms with Gasteiger partial charge in [0, 0.05) is 43.9 Å². The van der Waals surface area contributed by atoms with E-state index in [1.165, 1.54) is 0 Å². The molecule has 1 aliphatic heterocycles. The number of rotatable bonds is 4. The van der Waals surface area contributed by atoms with E-state index in [1.54, 1.807) is 24.9 Å². The predicted octanol–water partition coefficient (Wildman–Crippen LogP) is 3.24. The monoisotopic (exact) mass is 447 g/mol. The van der Waals surface area contributed by atoms with Crippen molar-refractivity contribution in [3.63, 3.8) is 0 Å². The van der Waals surface area contributed by atoms with Crippen molar-refractivity contribution in [1.82, 2.24) is 29.8 Å². The number of halogens is 3. The van der Waals surface area contributed by atoms with Gasteiger partial charge in [-0.2, -0.15) is 22.7 Å². The molecular weight excluding hydrogens is 423 g/mol. The Balaban J connectivity index is 1.64. The Bertz CT molecular complexity index is 1110. The molecule has 0 unspecified atom stereocenters. The van der Waals surface area contributed by atoms with Gasteiger partial charge >= 0.3 is 12.2 Å². The van der Waals surface area contributed by atoms with E-state index in [2.05, 4.69) is 25.7 Å². The first-order valence-corrected chi connectivity index (χ1v) is 10.3. The number of nitrogens with zero attached hydrogens (tertiary/aromatic N) is 5. The van der Waals surface area contributed by atoms with Crippen LogP contribution in [0.1, 0.15) is 29.9 Å². The minimum atomic E-state index is -4.66. The van der Waals surface area contributed by atoms with Crippen LogP contribution in [0.4, 0.5) is 23.8 Å². The molecule has 0 radical (unpaired) electrons. The van der Waals surface area contributed by atoms with E-state index in [-0.39, 0.29) is 17.2 Å². The molecule has 1 saturated heterocycles. The number of fused-ring (bicyclic) bond motifs is 1. The summed E-state index contributed by atoms with van der Waals surface area (Å²) in [6.07, 6.45) is -3.25. The first-order chi connectivity index (χ1) is 15.2. The predicted molar refractivity (Wildman–Crippen MR) is 112 cm³/mol. The van der Waals surface area contributed by atoms with Crippen molar-refractivity contribution in [2.24, 2.45) is 0 Å². The number of alkyl halides is 3. The number of carbonyl (C=O) groups is 1. The maximum absolute atomic E-state index is 13.1. The number of anilines is 1. The Morgan fingerprint density at radius 1 is 1.16 bits per heavy atom. The molecule has 8 nitrogen and oxygen atoms in total. The maximum Gasteiger partial charge on any atom is 0.453 e. The summed E-state index contributed by atoms with van der Waals surface area (Å²) in [5, 5.41) is 9.57. The van der Waals surface area contributed by atoms with Gasteiger partial charge in [0.25, 0.3) is 11.6 Å². The molecule has 2 amide bonds. The lowest BCUT2D eigenvalue weighted by Crippen LogP contribution is -2.50. The van der Waals surface area contributed by atoms with Gasteiger partial charge in [-0.15, -0.1) is 5.10 Å². The fourth-order valence-electron chi connectivity index (χ4n) is 4.15. The van der Waals surface area contributed by atoms with Crippen LogP contribution in [0.15, 0.2) is 36.4 Å². The summed E-state index contributed by atoms with van der Waals surface area (Å²) in [4.78, 5) is 21.4. The zero-order valence-electron chi connectivity index (χ0n) is 17.8. The fourth-order valence-corrected chi connectivity index (χ4v) is 4.15. The van der Waals surface area contributed by atoms with Crippen LogP contribution in [0, 0.1) is 6.92 Å². The lowest BCUT2D eigenvalue weighted by atomic mass is 9.72. The van der Waals surface area contributed by atoms with Gasteiger partial charge in [0.15, 0.2) is 0 Å². The normalized spacial score (nSPS) is 16.2. The first kappa shape index (κ1) is 21.8. The van der Waals surface area contributed by atoms with Crippen molar-refractivity contribution in [3.05, 3.63) is 53.5 Å². The lowest BCUT2D eigenvalue weighted by Gasteiger charge is -2.42. The molecule has 0 aliphatic carbocycles. The quantitative estimate of drug-likeness (QED) is 0.641. The Kier molecular flexibility index (Phi) is 5.66. The van der Waals surface area contributed by atoms with Crippen molar-refractivity contribution in [2.75, 3.05) is 32.0 Å². The van der Waals surface area contributed by atoms with Crippen LogP contribution in [0.5, 0.6) is 0 Å². The Morgan fingerprint density at radius 2 is 1.84 bits per heavy atom. The lowest BCUT2D eigenvalue weighted by molar-refractivity contribution is -0.144. The summed E-state index contributed by atoms with van der Waals surface area (Å²) < 4.78 is 40.5. The SMILES string of the molecule is CNC(=O)N1CCC(CNc2cc(C)nc3nc(C(F)(F)F)nn23)(c2ccccc2)CC1. The average Bonchev–Trinajstić information content (AvgIpc) is 3.22. The molecule has 4 rings (SSSR count). The molecule has 3 heterocycles. The molecule has 1 fully saturated rings. The Hall–Kier alpha value is -3.37. The molecule has 3 aromatic rings. The van der Waals surface area contributed by atoms with Gasteiger partial charge in [0.05, 0.1) is 0 Å². The van der Waals surface area contributed by atoms with Crippen molar-refractivity contribution >= 4 is 17.6 Å². The fraction of sp³-hybridized carbons (Fsp3) is 0.429. The van der Waals surface area contributed by atoms with E-state index in [9.17, 15) is 18.0 Å². The first-order valence-electron chi connectivity index (χ1n) is 10.3. The highest BCUT2D eigenvalue weighted by Gasteiger charge is 2.39. The van der Waals surface area contributed by atoms with E-state index in [0.29, 0.717) is 44.0 Å². The highest BCUT2D eigenvalue weighted by molar-refractivity contribution is 5.74. The molecule has 32 heavy (non-hydrogen) atoms. The number of benzene rings is 1. The highest BCUT2D eigenvalue weighted by atomic mass is 19.4. The number of hydrogen-bond acceptors (Lipinski definition) is 5. The van der Waals surface area contributed by atoms with Crippen molar-refractivity contribution < 1.29 is 18.0 Å². The summed E-state index contributed by atoms with van der Waals surface area (Å²) in [5.41, 5.74) is 1.34. The number of hydrogen-bond donors (Lipinski definition) is 2. The van der Waals surface area contributed by atoms with Crippen molar-refractivity contribution in [1.29, 1.82) is 0 Å². The number of carbonyl (C=O) groups excluding carboxylic acids is 1. The van der Waals surface area contributed by atoms with Crippen LogP contribution in [-0.4, -0.2) is 57.2 Å². The third kappa shape index (κ3) is 4.19. The number of aromatic nitrogens is 4. The molecule has 2 N–H and O–H groups in total. The number of urea groups is 1. The second kappa shape index (κ2) is 8.29. The molecular formula is C21H24F3N7O. The van der Waals surface area contributed by atoms with Crippen LogP contribution in [0.2, 0.25) is 0 Å². The van der Waals surface area contributed by atoms with Crippen LogP contribution >= 0.6 is 0 Å². The molecule has 2 aromatic heterocycles. The number of aryl methyl sites for hydroxylation is 1. The van der Waals surface area contributed by atoms with Gasteiger partial charge in [-0.05, 0) is 25.3 Å². The minimum Gasteiger partial charge on any atom is -0.369 e. The average molecular weight is 447 g/mol. The van der Waals surface area contributed by atoms with Crippen LogP contribution in [0.25, 0.3) is 5.78 Å². The van der Waals surface area contributed by atoms with E-state index in [0.717, 1.165) is 10.1 Å². The number of nitrogens with one attached hydrogen (secondary N) is 2. The second-order valence-electron chi connectivity index (χ2n) is 7.97. The molecule has 0 atom stereocenters. The van der Waals surface area contributed by atoms with Gasteiger partial charge < -0.3 is 15.5 Å². The Labute approximate surface area is 182 Å². The third-order valence-corrected chi connectivity index (χ3v) is 5.91. The molecule has 11 heteroatoms. The van der Waals surface area contributed by atoms with Gasteiger partial charge in [-0.1, -0.05) is 30.3 Å². The van der Waals surface area contributed by atoms with Crippen molar-refractivity contribution in [2.45, 2.75) is 31.4 Å². The van der Waals surface area contributed by atoms with Crippen LogP contribution < -0.4 is 10.6 Å². The van der Waals surface area contributed by atoms with Gasteiger partial charge in [0.1, 0.15) is 5.82 Å². The maximum atomic E-state index is 13.1. The highest BCUT2D eigenvalue weighted by Crippen LogP contribution is 2.36. The second-order valence-corrected chi connectivity index (χ2v) is 7.97. The van der Waals surface area contributed by atoms with E-state index < -0.39 is 12.0 Å². The van der Waals surface area contributed by atoms with E-state index >= 15 is 0 Å². The largest absolute Gasteiger partial charge is 0.453 e. The van der Waals surface area contributed by atoms with Crippen molar-refractivity contribution in [3.8, 4) is 0 Å². The molecule has 1 aromatic carbocycles. The smallest absolute Gasteiger partial charge is 0.369 e. The molecule has 0 bridgehead atoms. The number of amides is 2. The van der Waals surface area contributed by atoms with Gasteiger partial charge in [-0.25, -0.2) is 9.78 Å². The topological polar surface area (TPSA) is 87.5 Å². The van der Waals surface area contributed by atoms with E-state index in [1.807, 2.05) is 30.3 Å². The summed E-state index contributed by atoms with van der Waals surface area (Å²) in [6, 6.07) is 11.5. The number of likely N-dealkylation sites (tertiary alicyclic amines) is 1. The molecule has 0 spiro atoms. The molecule has 170 valence electrons. The molecule has 0 saturated carbocycles. The zero-order chi connectivity index (χ0) is 22.9. The summed E-state index contributed by atoms with van der Waals surface area (Å²) in [7, 11) is 1.60. The van der Waals surface area contributed by atoms with E-state index in [4.69, 9.17) is 0 Å². The summed E-state index contributed by atoms with van der Waals surface area (Å²) in [5.74, 6) is -0.946. The Morgan fingerprint density at radius 3 is 2.47 bits per heavy atom. The van der Waals surface area contributed by atoms with Crippen LogP contribution in [-0.2, 0) is 11.6 Å². The minimum absolute atomic E-state index is 0.108. The van der Waals surface area contributed by atoms with Gasteiger partial charge in [-0.3, -0.25) is 0 Å². The number of piperidine rings is 1. The third-order valence-electron chi connectivity index (χ3n) is 5.91. The summed E-state index contributed by atoms with van der Waals surface area (Å²) in [6.45, 7) is 3.30. The molecule has 1 aliphatic rings. The standard InChI is InChI=1S/C21H24F3N7O/c1-14-12-16(31-18(27-14)28-17(29-31)21(22,23)24)26-13-20(15-6-4-3-5-7-15)8-10-30(11-9-20)19(32)25-2/h3-7,12,26H,8-11,13H2,1-2H3,(H,25,32). The van der Waals surface area contributed by atoms with Crippen LogP contribution in [0.3, 0.4) is 0 Å². The van der Waals surface area contributed by atoms with Gasteiger partial charge in [0.2, 0.25) is 0 Å².